The van der Waals surface area contributed by atoms with Gasteiger partial charge < -0.3 is 15.8 Å². The van der Waals surface area contributed by atoms with Gasteiger partial charge in [-0.25, -0.2) is 0 Å². The zero-order valence-corrected chi connectivity index (χ0v) is 10.7. The minimum absolute atomic E-state index is 0.0342. The lowest BCUT2D eigenvalue weighted by Gasteiger charge is -2.31. The molecule has 98 valence electrons. The number of hydrogen-bond donors (Lipinski definition) is 2. The molecule has 1 heterocycles. The van der Waals surface area contributed by atoms with Gasteiger partial charge in [0.15, 0.2) is 0 Å². The summed E-state index contributed by atoms with van der Waals surface area (Å²) in [7, 11) is 0. The first-order valence-electron chi connectivity index (χ1n) is 6.79. The molecule has 0 bridgehead atoms. The van der Waals surface area contributed by atoms with Gasteiger partial charge in [0.05, 0.1) is 6.61 Å². The third kappa shape index (κ3) is 2.99. The Morgan fingerprint density at radius 3 is 2.71 bits per heavy atom. The fourth-order valence-electron chi connectivity index (χ4n) is 2.86. The molecule has 0 radical (unpaired) electrons. The molecule has 0 aromatic rings. The van der Waals surface area contributed by atoms with Gasteiger partial charge in [0.1, 0.15) is 5.54 Å². The van der Waals surface area contributed by atoms with Crippen LogP contribution in [0, 0.1) is 5.92 Å². The third-order valence-corrected chi connectivity index (χ3v) is 4.22. The van der Waals surface area contributed by atoms with Crippen LogP contribution in [-0.4, -0.2) is 30.7 Å². The zero-order valence-electron chi connectivity index (χ0n) is 10.7. The summed E-state index contributed by atoms with van der Waals surface area (Å²) < 4.78 is 5.22. The predicted molar refractivity (Wildman–Crippen MR) is 66.5 cm³/mol. The summed E-state index contributed by atoms with van der Waals surface area (Å²) in [6, 6.07) is 0.240. The van der Waals surface area contributed by atoms with Crippen molar-refractivity contribution >= 4 is 5.91 Å². The Hall–Kier alpha value is -0.610. The number of amides is 1. The monoisotopic (exact) mass is 240 g/mol. The molecule has 1 amide bonds. The van der Waals surface area contributed by atoms with Gasteiger partial charge >= 0.3 is 0 Å². The van der Waals surface area contributed by atoms with Crippen LogP contribution < -0.4 is 11.1 Å². The molecule has 2 unspecified atom stereocenters. The van der Waals surface area contributed by atoms with Crippen molar-refractivity contribution < 1.29 is 9.53 Å². The van der Waals surface area contributed by atoms with Crippen LogP contribution in [0.5, 0.6) is 0 Å². The van der Waals surface area contributed by atoms with E-state index in [4.69, 9.17) is 10.5 Å². The average molecular weight is 240 g/mol. The highest BCUT2D eigenvalue weighted by Gasteiger charge is 2.39. The summed E-state index contributed by atoms with van der Waals surface area (Å²) in [5, 5.41) is 3.09. The van der Waals surface area contributed by atoms with Gasteiger partial charge in [0.25, 0.3) is 0 Å². The largest absolute Gasteiger partial charge is 0.379 e. The number of rotatable bonds is 3. The molecule has 2 atom stereocenters. The normalized spacial score (nSPS) is 32.4. The Bertz CT molecular complexity index is 269. The van der Waals surface area contributed by atoms with Crippen LogP contribution in [-0.2, 0) is 9.53 Å². The van der Waals surface area contributed by atoms with Crippen LogP contribution in [0.1, 0.15) is 45.4 Å². The first kappa shape index (κ1) is 12.8. The SMILES string of the molecule is CC(NC(=O)C1(N)CCOC1)C1CCCCC1. The maximum absolute atomic E-state index is 12.1. The molecule has 4 nitrogen and oxygen atoms in total. The second-order valence-corrected chi connectivity index (χ2v) is 5.62. The fraction of sp³-hybridized carbons (Fsp3) is 0.923. The molecule has 1 saturated carbocycles. The van der Waals surface area contributed by atoms with Gasteiger partial charge in [0.2, 0.25) is 5.91 Å². The molecule has 1 aliphatic carbocycles. The lowest BCUT2D eigenvalue weighted by molar-refractivity contribution is -0.127. The number of ether oxygens (including phenoxy) is 1. The quantitative estimate of drug-likeness (QED) is 0.779. The summed E-state index contributed by atoms with van der Waals surface area (Å²) in [4.78, 5) is 12.1. The number of carbonyl (C=O) groups excluding carboxylic acids is 1. The number of hydrogen-bond acceptors (Lipinski definition) is 3. The van der Waals surface area contributed by atoms with E-state index in [-0.39, 0.29) is 11.9 Å². The van der Waals surface area contributed by atoms with E-state index in [0.717, 1.165) is 0 Å². The maximum atomic E-state index is 12.1. The van der Waals surface area contributed by atoms with Crippen LogP contribution in [0.4, 0.5) is 0 Å². The van der Waals surface area contributed by atoms with Crippen molar-refractivity contribution in [2.75, 3.05) is 13.2 Å². The Balaban J connectivity index is 1.84. The zero-order chi connectivity index (χ0) is 12.3. The Morgan fingerprint density at radius 2 is 2.12 bits per heavy atom. The maximum Gasteiger partial charge on any atom is 0.242 e. The second kappa shape index (κ2) is 5.36. The first-order valence-corrected chi connectivity index (χ1v) is 6.79. The van der Waals surface area contributed by atoms with E-state index in [1.54, 1.807) is 0 Å². The van der Waals surface area contributed by atoms with E-state index in [0.29, 0.717) is 25.6 Å². The molecule has 0 spiro atoms. The van der Waals surface area contributed by atoms with E-state index in [1.165, 1.54) is 32.1 Å². The number of nitrogens with one attached hydrogen (secondary N) is 1. The highest BCUT2D eigenvalue weighted by atomic mass is 16.5. The van der Waals surface area contributed by atoms with Crippen molar-refractivity contribution in [1.82, 2.24) is 5.32 Å². The molecule has 1 saturated heterocycles. The van der Waals surface area contributed by atoms with Gasteiger partial charge in [-0.3, -0.25) is 4.79 Å². The topological polar surface area (TPSA) is 64.4 Å². The van der Waals surface area contributed by atoms with E-state index in [2.05, 4.69) is 12.2 Å². The minimum Gasteiger partial charge on any atom is -0.379 e. The summed E-state index contributed by atoms with van der Waals surface area (Å²) in [5.74, 6) is 0.590. The molecular formula is C13H24N2O2. The van der Waals surface area contributed by atoms with Crippen LogP contribution >= 0.6 is 0 Å². The van der Waals surface area contributed by atoms with Crippen molar-refractivity contribution in [3.8, 4) is 0 Å². The molecule has 0 aromatic carbocycles. The Morgan fingerprint density at radius 1 is 1.41 bits per heavy atom. The molecule has 0 aromatic heterocycles. The Kier molecular flexibility index (Phi) is 4.05. The van der Waals surface area contributed by atoms with Crippen molar-refractivity contribution in [1.29, 1.82) is 0 Å². The standard InChI is InChI=1S/C13H24N2O2/c1-10(11-5-3-2-4-6-11)15-12(16)13(14)7-8-17-9-13/h10-11H,2-9,14H2,1H3,(H,15,16). The van der Waals surface area contributed by atoms with Crippen LogP contribution in [0.25, 0.3) is 0 Å². The van der Waals surface area contributed by atoms with Gasteiger partial charge in [-0.15, -0.1) is 0 Å². The molecule has 17 heavy (non-hydrogen) atoms. The highest BCUT2D eigenvalue weighted by molar-refractivity contribution is 5.86. The summed E-state index contributed by atoms with van der Waals surface area (Å²) in [6.45, 7) is 3.06. The molecule has 2 aliphatic rings. The summed E-state index contributed by atoms with van der Waals surface area (Å²) in [6.07, 6.45) is 7.02. The molecule has 3 N–H and O–H groups in total. The van der Waals surface area contributed by atoms with E-state index < -0.39 is 5.54 Å². The van der Waals surface area contributed by atoms with Gasteiger partial charge in [-0.05, 0) is 32.1 Å². The average Bonchev–Trinajstić information content (AvgIpc) is 2.78. The smallest absolute Gasteiger partial charge is 0.242 e. The minimum atomic E-state index is -0.789. The Labute approximate surface area is 103 Å². The van der Waals surface area contributed by atoms with Gasteiger partial charge in [-0.2, -0.15) is 0 Å². The molecule has 4 heteroatoms. The van der Waals surface area contributed by atoms with Crippen LogP contribution in [0.15, 0.2) is 0 Å². The van der Waals surface area contributed by atoms with Gasteiger partial charge in [0, 0.05) is 12.6 Å². The summed E-state index contributed by atoms with van der Waals surface area (Å²) in [5.41, 5.74) is 5.25. The highest BCUT2D eigenvalue weighted by Crippen LogP contribution is 2.26. The lowest BCUT2D eigenvalue weighted by Crippen LogP contribution is -2.57. The lowest BCUT2D eigenvalue weighted by atomic mass is 9.84. The van der Waals surface area contributed by atoms with E-state index in [9.17, 15) is 4.79 Å². The van der Waals surface area contributed by atoms with E-state index >= 15 is 0 Å². The van der Waals surface area contributed by atoms with Crippen LogP contribution in [0.3, 0.4) is 0 Å². The van der Waals surface area contributed by atoms with Gasteiger partial charge in [-0.1, -0.05) is 19.3 Å². The third-order valence-electron chi connectivity index (χ3n) is 4.22. The number of carbonyl (C=O) groups is 1. The van der Waals surface area contributed by atoms with Crippen LogP contribution in [0.2, 0.25) is 0 Å². The van der Waals surface area contributed by atoms with Crippen molar-refractivity contribution in [2.24, 2.45) is 11.7 Å². The fourth-order valence-corrected chi connectivity index (χ4v) is 2.86. The predicted octanol–water partition coefficient (Wildman–Crippen LogP) is 1.19. The second-order valence-electron chi connectivity index (χ2n) is 5.62. The molecule has 2 fully saturated rings. The summed E-state index contributed by atoms with van der Waals surface area (Å²) >= 11 is 0. The van der Waals surface area contributed by atoms with Crippen molar-refractivity contribution in [2.45, 2.75) is 57.0 Å². The first-order chi connectivity index (χ1) is 8.12. The van der Waals surface area contributed by atoms with Crippen molar-refractivity contribution in [3.05, 3.63) is 0 Å². The molecule has 1 aliphatic heterocycles. The molecular weight excluding hydrogens is 216 g/mol. The molecule has 2 rings (SSSR count). The number of nitrogens with two attached hydrogens (primary N) is 1. The van der Waals surface area contributed by atoms with Crippen molar-refractivity contribution in [3.63, 3.8) is 0 Å². The van der Waals surface area contributed by atoms with E-state index in [1.807, 2.05) is 0 Å².